The van der Waals surface area contributed by atoms with Gasteiger partial charge in [0.1, 0.15) is 0 Å². The highest BCUT2D eigenvalue weighted by molar-refractivity contribution is 6.00. The van der Waals surface area contributed by atoms with E-state index in [-0.39, 0.29) is 17.4 Å². The molecular weight excluding hydrogens is 292 g/mol. The zero-order valence-corrected chi connectivity index (χ0v) is 13.8. The fourth-order valence-electron chi connectivity index (χ4n) is 3.38. The number of nitrogens with one attached hydrogen (secondary N) is 1. The molecular formula is C17H24N4O2. The number of rotatable bonds is 3. The zero-order chi connectivity index (χ0) is 16.6. The Labute approximate surface area is 136 Å². The Morgan fingerprint density at radius 1 is 1.39 bits per heavy atom. The largest absolute Gasteiger partial charge is 0.338 e. The molecule has 0 spiro atoms. The molecule has 3 amide bonds. The lowest BCUT2D eigenvalue weighted by Crippen LogP contribution is -2.35. The molecule has 2 aliphatic heterocycles. The third kappa shape index (κ3) is 2.79. The molecule has 6 heteroatoms. The van der Waals surface area contributed by atoms with Gasteiger partial charge < -0.3 is 16.0 Å². The van der Waals surface area contributed by atoms with Crippen molar-refractivity contribution in [3.63, 3.8) is 0 Å². The Bertz CT molecular complexity index is 645. The van der Waals surface area contributed by atoms with Crippen LogP contribution in [0.2, 0.25) is 0 Å². The van der Waals surface area contributed by atoms with E-state index in [4.69, 9.17) is 5.73 Å². The first-order chi connectivity index (χ1) is 10.9. The molecule has 0 saturated carbocycles. The molecule has 2 saturated heterocycles. The maximum Gasteiger partial charge on any atom is 0.322 e. The maximum atomic E-state index is 12.9. The zero-order valence-electron chi connectivity index (χ0n) is 13.8. The summed E-state index contributed by atoms with van der Waals surface area (Å²) in [5.41, 5.74) is 8.18. The summed E-state index contributed by atoms with van der Waals surface area (Å²) in [5, 5.41) is 2.80. The van der Waals surface area contributed by atoms with Crippen molar-refractivity contribution < 1.29 is 9.59 Å². The van der Waals surface area contributed by atoms with Gasteiger partial charge in [-0.1, -0.05) is 13.0 Å². The second-order valence-corrected chi connectivity index (χ2v) is 6.82. The second-order valence-electron chi connectivity index (χ2n) is 6.82. The van der Waals surface area contributed by atoms with Gasteiger partial charge >= 0.3 is 6.03 Å². The lowest BCUT2D eigenvalue weighted by Gasteiger charge is -2.24. The van der Waals surface area contributed by atoms with Crippen molar-refractivity contribution in [1.82, 2.24) is 10.2 Å². The van der Waals surface area contributed by atoms with Gasteiger partial charge in [0, 0.05) is 37.4 Å². The van der Waals surface area contributed by atoms with Crippen LogP contribution < -0.4 is 16.0 Å². The minimum Gasteiger partial charge on any atom is -0.338 e. The summed E-state index contributed by atoms with van der Waals surface area (Å²) >= 11 is 0. The lowest BCUT2D eigenvalue weighted by molar-refractivity contribution is 0.0776. The van der Waals surface area contributed by atoms with E-state index in [1.165, 1.54) is 0 Å². The predicted octanol–water partition coefficient (Wildman–Crippen LogP) is 1.34. The first-order valence-electron chi connectivity index (χ1n) is 8.09. The number of nitrogens with zero attached hydrogens (tertiary/aromatic N) is 2. The molecule has 2 fully saturated rings. The number of amides is 3. The summed E-state index contributed by atoms with van der Waals surface area (Å²) in [4.78, 5) is 28.4. The second kappa shape index (κ2) is 5.85. The van der Waals surface area contributed by atoms with Crippen molar-refractivity contribution in [2.45, 2.75) is 20.3 Å². The van der Waals surface area contributed by atoms with Gasteiger partial charge in [0.05, 0.1) is 0 Å². The van der Waals surface area contributed by atoms with E-state index in [1.807, 2.05) is 30.0 Å². The number of carbonyl (C=O) groups is 2. The molecule has 1 atom stereocenters. The first kappa shape index (κ1) is 15.8. The van der Waals surface area contributed by atoms with E-state index in [2.05, 4.69) is 12.2 Å². The third-order valence-corrected chi connectivity index (χ3v) is 5.02. The van der Waals surface area contributed by atoms with Gasteiger partial charge in [-0.25, -0.2) is 4.79 Å². The monoisotopic (exact) mass is 316 g/mol. The summed E-state index contributed by atoms with van der Waals surface area (Å²) in [6.45, 7) is 7.31. The fraction of sp³-hybridized carbons (Fsp3) is 0.529. The Balaban J connectivity index is 1.86. The normalized spacial score (nSPS) is 24.2. The van der Waals surface area contributed by atoms with E-state index in [0.29, 0.717) is 31.7 Å². The molecule has 3 rings (SSSR count). The van der Waals surface area contributed by atoms with Crippen LogP contribution in [0.15, 0.2) is 18.2 Å². The topological polar surface area (TPSA) is 78.7 Å². The Morgan fingerprint density at radius 3 is 2.78 bits per heavy atom. The summed E-state index contributed by atoms with van der Waals surface area (Å²) < 4.78 is 0. The average molecular weight is 316 g/mol. The average Bonchev–Trinajstić information content (AvgIpc) is 3.14. The van der Waals surface area contributed by atoms with Crippen molar-refractivity contribution in [3.05, 3.63) is 29.3 Å². The van der Waals surface area contributed by atoms with Crippen LogP contribution in [0.3, 0.4) is 0 Å². The quantitative estimate of drug-likeness (QED) is 0.883. The van der Waals surface area contributed by atoms with Crippen LogP contribution in [0.1, 0.15) is 29.3 Å². The highest BCUT2D eigenvalue weighted by Gasteiger charge is 2.36. The van der Waals surface area contributed by atoms with Gasteiger partial charge in [0.2, 0.25) is 0 Å². The number of hydrogen-bond acceptors (Lipinski definition) is 3. The Hall–Kier alpha value is -2.08. The van der Waals surface area contributed by atoms with Crippen LogP contribution in [-0.4, -0.2) is 49.6 Å². The Kier molecular flexibility index (Phi) is 4.02. The predicted molar refractivity (Wildman–Crippen MR) is 89.6 cm³/mol. The smallest absolute Gasteiger partial charge is 0.322 e. The van der Waals surface area contributed by atoms with E-state index >= 15 is 0 Å². The van der Waals surface area contributed by atoms with E-state index in [0.717, 1.165) is 24.2 Å². The molecule has 0 radical (unpaired) electrons. The van der Waals surface area contributed by atoms with Crippen LogP contribution in [0.4, 0.5) is 10.5 Å². The van der Waals surface area contributed by atoms with Crippen molar-refractivity contribution in [2.75, 3.05) is 37.6 Å². The molecule has 3 N–H and O–H groups in total. The first-order valence-corrected chi connectivity index (χ1v) is 8.09. The highest BCUT2D eigenvalue weighted by atomic mass is 16.2. The maximum absolute atomic E-state index is 12.9. The van der Waals surface area contributed by atoms with Crippen molar-refractivity contribution in [1.29, 1.82) is 0 Å². The van der Waals surface area contributed by atoms with E-state index in [9.17, 15) is 9.59 Å². The molecule has 1 aromatic carbocycles. The van der Waals surface area contributed by atoms with Crippen LogP contribution in [-0.2, 0) is 0 Å². The number of likely N-dealkylation sites (tertiary alicyclic amines) is 1. The van der Waals surface area contributed by atoms with Gasteiger partial charge in [-0.2, -0.15) is 0 Å². The third-order valence-electron chi connectivity index (χ3n) is 5.02. The van der Waals surface area contributed by atoms with Crippen molar-refractivity contribution >= 4 is 17.6 Å². The van der Waals surface area contributed by atoms with Gasteiger partial charge in [-0.15, -0.1) is 0 Å². The van der Waals surface area contributed by atoms with Crippen LogP contribution in [0.25, 0.3) is 0 Å². The SMILES string of the molecule is Cc1c(C(=O)N2CCC(C)(CN)C2)cccc1N1CCNC1=O. The van der Waals surface area contributed by atoms with Gasteiger partial charge in [-0.05, 0) is 43.0 Å². The molecule has 1 unspecified atom stereocenters. The fourth-order valence-corrected chi connectivity index (χ4v) is 3.38. The molecule has 6 nitrogen and oxygen atoms in total. The van der Waals surface area contributed by atoms with E-state index in [1.54, 1.807) is 4.90 Å². The molecule has 1 aromatic rings. The minimum absolute atomic E-state index is 0.00993. The number of benzene rings is 1. The minimum atomic E-state index is -0.102. The summed E-state index contributed by atoms with van der Waals surface area (Å²) in [7, 11) is 0. The van der Waals surface area contributed by atoms with Crippen LogP contribution in [0, 0.1) is 12.3 Å². The number of nitrogens with two attached hydrogens (primary N) is 1. The van der Waals surface area contributed by atoms with E-state index < -0.39 is 0 Å². The molecule has 2 heterocycles. The molecule has 23 heavy (non-hydrogen) atoms. The van der Waals surface area contributed by atoms with Crippen molar-refractivity contribution in [3.8, 4) is 0 Å². The molecule has 124 valence electrons. The summed E-state index contributed by atoms with van der Waals surface area (Å²) in [6.07, 6.45) is 0.933. The Morgan fingerprint density at radius 2 is 2.17 bits per heavy atom. The van der Waals surface area contributed by atoms with Crippen molar-refractivity contribution in [2.24, 2.45) is 11.1 Å². The highest BCUT2D eigenvalue weighted by Crippen LogP contribution is 2.31. The lowest BCUT2D eigenvalue weighted by atomic mass is 9.90. The standard InChI is InChI=1S/C17H24N4O2/c1-12-13(15(22)20-8-6-17(2,10-18)11-20)4-3-5-14(12)21-9-7-19-16(21)23/h3-5H,6-11,18H2,1-2H3,(H,19,23). The molecule has 0 aromatic heterocycles. The van der Waals surface area contributed by atoms with Crippen LogP contribution in [0.5, 0.6) is 0 Å². The molecule has 0 aliphatic carbocycles. The van der Waals surface area contributed by atoms with Gasteiger partial charge in [0.15, 0.2) is 0 Å². The number of anilines is 1. The number of hydrogen-bond donors (Lipinski definition) is 2. The van der Waals surface area contributed by atoms with Gasteiger partial charge in [0.25, 0.3) is 5.91 Å². The number of carbonyl (C=O) groups excluding carboxylic acids is 2. The van der Waals surface area contributed by atoms with Crippen LogP contribution >= 0.6 is 0 Å². The number of urea groups is 1. The molecule has 2 aliphatic rings. The molecule has 0 bridgehead atoms. The van der Waals surface area contributed by atoms with Gasteiger partial charge in [-0.3, -0.25) is 9.69 Å². The summed E-state index contributed by atoms with van der Waals surface area (Å²) in [6, 6.07) is 5.48. The summed E-state index contributed by atoms with van der Waals surface area (Å²) in [5.74, 6) is 0.0288.